The van der Waals surface area contributed by atoms with Crippen LogP contribution in [-0.4, -0.2) is 33.3 Å². The molecule has 0 bridgehead atoms. The molecule has 0 radical (unpaired) electrons. The molecule has 1 unspecified atom stereocenters. The number of hydrogen-bond acceptors (Lipinski definition) is 7. The molecule has 132 valence electrons. The average Bonchev–Trinajstić information content (AvgIpc) is 2.78. The van der Waals surface area contributed by atoms with E-state index in [1.807, 2.05) is 40.7 Å². The molecule has 1 aliphatic heterocycles. The van der Waals surface area contributed by atoms with Gasteiger partial charge in [0.25, 0.3) is 0 Å². The normalized spacial score (nSPS) is 19.6. The standard InChI is InChI=1S/C17H23BN4O3/c1-11(13-6-7-20-10-22-13)23-14-8-12(9-21-15(14)19)18-24-16(2,3)17(4,5)25-18/h6-11H,1-5H3,(H2,19,21). The summed E-state index contributed by atoms with van der Waals surface area (Å²) in [6.45, 7) is 9.92. The van der Waals surface area contributed by atoms with Crippen LogP contribution in [0.2, 0.25) is 0 Å². The molecule has 3 heterocycles. The summed E-state index contributed by atoms with van der Waals surface area (Å²) in [5.41, 5.74) is 6.65. The molecule has 0 spiro atoms. The van der Waals surface area contributed by atoms with Crippen LogP contribution in [0.15, 0.2) is 30.9 Å². The molecule has 2 aromatic rings. The molecular formula is C17H23BN4O3. The maximum atomic E-state index is 6.06. The van der Waals surface area contributed by atoms with E-state index in [-0.39, 0.29) is 6.10 Å². The minimum Gasteiger partial charge on any atom is -0.481 e. The van der Waals surface area contributed by atoms with Crippen LogP contribution in [0.1, 0.15) is 46.4 Å². The highest BCUT2D eigenvalue weighted by atomic mass is 16.7. The maximum Gasteiger partial charge on any atom is 0.496 e. The van der Waals surface area contributed by atoms with Crippen LogP contribution >= 0.6 is 0 Å². The van der Waals surface area contributed by atoms with Crippen LogP contribution in [-0.2, 0) is 9.31 Å². The highest BCUT2D eigenvalue weighted by Crippen LogP contribution is 2.36. The Balaban J connectivity index is 1.82. The second kappa shape index (κ2) is 6.27. The second-order valence-corrected chi connectivity index (χ2v) is 7.13. The fourth-order valence-electron chi connectivity index (χ4n) is 2.46. The zero-order chi connectivity index (χ0) is 18.2. The van der Waals surface area contributed by atoms with E-state index in [4.69, 9.17) is 19.8 Å². The van der Waals surface area contributed by atoms with Gasteiger partial charge >= 0.3 is 7.12 Å². The lowest BCUT2D eigenvalue weighted by Gasteiger charge is -2.32. The van der Waals surface area contributed by atoms with Gasteiger partial charge in [0.2, 0.25) is 0 Å². The zero-order valence-electron chi connectivity index (χ0n) is 15.2. The largest absolute Gasteiger partial charge is 0.496 e. The molecule has 25 heavy (non-hydrogen) atoms. The molecule has 2 aromatic heterocycles. The average molecular weight is 342 g/mol. The van der Waals surface area contributed by atoms with Crippen LogP contribution in [0, 0.1) is 0 Å². The number of pyridine rings is 1. The first kappa shape index (κ1) is 17.6. The second-order valence-electron chi connectivity index (χ2n) is 7.13. The molecular weight excluding hydrogens is 319 g/mol. The Kier molecular flexibility index (Phi) is 4.42. The Labute approximate surface area is 148 Å². The molecule has 1 saturated heterocycles. The highest BCUT2D eigenvalue weighted by Gasteiger charge is 2.52. The quantitative estimate of drug-likeness (QED) is 0.848. The Bertz CT molecular complexity index is 739. The molecule has 0 aromatic carbocycles. The van der Waals surface area contributed by atoms with E-state index >= 15 is 0 Å². The van der Waals surface area contributed by atoms with Crippen molar-refractivity contribution in [1.29, 1.82) is 0 Å². The number of hydrogen-bond donors (Lipinski definition) is 1. The first-order valence-electron chi connectivity index (χ1n) is 8.23. The third kappa shape index (κ3) is 3.45. The maximum absolute atomic E-state index is 6.06. The summed E-state index contributed by atoms with van der Waals surface area (Å²) in [4.78, 5) is 12.3. The Morgan fingerprint density at radius 2 is 1.84 bits per heavy atom. The lowest BCUT2D eigenvalue weighted by atomic mass is 9.80. The fourth-order valence-corrected chi connectivity index (χ4v) is 2.46. The smallest absolute Gasteiger partial charge is 0.481 e. The summed E-state index contributed by atoms with van der Waals surface area (Å²) in [7, 11) is -0.519. The SMILES string of the molecule is CC(Oc1cc(B2OC(C)(C)C(C)(C)O2)cnc1N)c1ccncn1. The molecule has 1 aliphatic rings. The Hall–Kier alpha value is -2.19. The van der Waals surface area contributed by atoms with Gasteiger partial charge in [-0.15, -0.1) is 0 Å². The van der Waals surface area contributed by atoms with E-state index in [9.17, 15) is 0 Å². The molecule has 3 rings (SSSR count). The van der Waals surface area contributed by atoms with Crippen LogP contribution in [0.3, 0.4) is 0 Å². The van der Waals surface area contributed by atoms with Crippen molar-refractivity contribution in [3.8, 4) is 5.75 Å². The number of nitrogens with zero attached hydrogens (tertiary/aromatic N) is 3. The summed E-state index contributed by atoms with van der Waals surface area (Å²) in [6.07, 6.45) is 4.52. The number of rotatable bonds is 4. The fraction of sp³-hybridized carbons (Fsp3) is 0.471. The van der Waals surface area contributed by atoms with Gasteiger partial charge in [0.05, 0.1) is 16.9 Å². The highest BCUT2D eigenvalue weighted by molar-refractivity contribution is 6.62. The Morgan fingerprint density at radius 3 is 2.44 bits per heavy atom. The molecule has 2 N–H and O–H groups in total. The molecule has 1 atom stereocenters. The van der Waals surface area contributed by atoms with Gasteiger partial charge in [0.15, 0.2) is 11.6 Å². The van der Waals surface area contributed by atoms with E-state index in [0.29, 0.717) is 11.6 Å². The van der Waals surface area contributed by atoms with Crippen LogP contribution < -0.4 is 15.9 Å². The third-order valence-electron chi connectivity index (χ3n) is 4.75. The molecule has 0 saturated carbocycles. The van der Waals surface area contributed by atoms with Crippen LogP contribution in [0.25, 0.3) is 0 Å². The van der Waals surface area contributed by atoms with Gasteiger partial charge in [-0.1, -0.05) is 0 Å². The summed E-state index contributed by atoms with van der Waals surface area (Å²) in [6, 6.07) is 3.61. The molecule has 1 fully saturated rings. The summed E-state index contributed by atoms with van der Waals surface area (Å²) < 4.78 is 18.1. The molecule has 0 amide bonds. The van der Waals surface area contributed by atoms with Crippen molar-refractivity contribution in [3.05, 3.63) is 36.5 Å². The van der Waals surface area contributed by atoms with Crippen molar-refractivity contribution in [2.75, 3.05) is 5.73 Å². The minimum absolute atomic E-state index is 0.291. The number of nitrogens with two attached hydrogens (primary N) is 1. The summed E-state index contributed by atoms with van der Waals surface area (Å²) in [5.74, 6) is 0.777. The van der Waals surface area contributed by atoms with Crippen molar-refractivity contribution in [3.63, 3.8) is 0 Å². The first-order chi connectivity index (χ1) is 11.7. The lowest BCUT2D eigenvalue weighted by molar-refractivity contribution is 0.00578. The topological polar surface area (TPSA) is 92.4 Å². The summed E-state index contributed by atoms with van der Waals surface area (Å²) in [5, 5.41) is 0. The van der Waals surface area contributed by atoms with E-state index in [0.717, 1.165) is 11.2 Å². The predicted octanol–water partition coefficient (Wildman–Crippen LogP) is 1.89. The number of aromatic nitrogens is 3. The molecule has 8 heteroatoms. The van der Waals surface area contributed by atoms with Gasteiger partial charge in [-0.2, -0.15) is 0 Å². The van der Waals surface area contributed by atoms with Gasteiger partial charge < -0.3 is 19.8 Å². The van der Waals surface area contributed by atoms with E-state index in [1.165, 1.54) is 6.33 Å². The van der Waals surface area contributed by atoms with Crippen LogP contribution in [0.4, 0.5) is 5.82 Å². The molecule has 7 nitrogen and oxygen atoms in total. The van der Waals surface area contributed by atoms with Crippen LogP contribution in [0.5, 0.6) is 5.75 Å². The monoisotopic (exact) mass is 342 g/mol. The van der Waals surface area contributed by atoms with Gasteiger partial charge in [-0.3, -0.25) is 0 Å². The number of ether oxygens (including phenoxy) is 1. The third-order valence-corrected chi connectivity index (χ3v) is 4.75. The first-order valence-corrected chi connectivity index (χ1v) is 8.23. The van der Waals surface area contributed by atoms with E-state index < -0.39 is 18.3 Å². The minimum atomic E-state index is -0.519. The van der Waals surface area contributed by atoms with Gasteiger partial charge in [0, 0.05) is 17.9 Å². The number of nitrogen functional groups attached to an aromatic ring is 1. The van der Waals surface area contributed by atoms with Crippen molar-refractivity contribution < 1.29 is 14.0 Å². The number of anilines is 1. The van der Waals surface area contributed by atoms with Gasteiger partial charge in [0.1, 0.15) is 12.4 Å². The van der Waals surface area contributed by atoms with Crippen molar-refractivity contribution >= 4 is 18.4 Å². The molecule has 0 aliphatic carbocycles. The van der Waals surface area contributed by atoms with E-state index in [2.05, 4.69) is 15.0 Å². The zero-order valence-corrected chi connectivity index (χ0v) is 15.2. The van der Waals surface area contributed by atoms with Crippen molar-refractivity contribution in [2.24, 2.45) is 0 Å². The lowest BCUT2D eigenvalue weighted by Crippen LogP contribution is -2.41. The summed E-state index contributed by atoms with van der Waals surface area (Å²) >= 11 is 0. The van der Waals surface area contributed by atoms with Gasteiger partial charge in [-0.25, -0.2) is 15.0 Å². The Morgan fingerprint density at radius 1 is 1.16 bits per heavy atom. The van der Waals surface area contributed by atoms with E-state index in [1.54, 1.807) is 18.5 Å². The predicted molar refractivity (Wildman–Crippen MR) is 95.4 cm³/mol. The van der Waals surface area contributed by atoms with Crippen molar-refractivity contribution in [1.82, 2.24) is 15.0 Å². The van der Waals surface area contributed by atoms with Gasteiger partial charge in [-0.05, 0) is 46.8 Å². The van der Waals surface area contributed by atoms with Crippen molar-refractivity contribution in [2.45, 2.75) is 51.9 Å².